The number of aryl methyl sites for hydroxylation is 1. The molecule has 0 aromatic carbocycles. The van der Waals surface area contributed by atoms with E-state index in [1.54, 1.807) is 23.9 Å². The van der Waals surface area contributed by atoms with Crippen LogP contribution in [0.4, 0.5) is 0 Å². The molecule has 0 amide bonds. The Labute approximate surface area is 111 Å². The van der Waals surface area contributed by atoms with Crippen LogP contribution in [0.2, 0.25) is 0 Å². The van der Waals surface area contributed by atoms with Gasteiger partial charge in [-0.3, -0.25) is 0 Å². The molecular formula is C13H16N4O2. The molecule has 0 spiro atoms. The lowest BCUT2D eigenvalue weighted by atomic mass is 10.1. The summed E-state index contributed by atoms with van der Waals surface area (Å²) in [5, 5.41) is 12.8. The van der Waals surface area contributed by atoms with Gasteiger partial charge >= 0.3 is 0 Å². The Morgan fingerprint density at radius 3 is 2.74 bits per heavy atom. The summed E-state index contributed by atoms with van der Waals surface area (Å²) in [7, 11) is 3.45. The van der Waals surface area contributed by atoms with Crippen molar-refractivity contribution in [1.29, 1.82) is 5.26 Å². The number of aromatic nitrogens is 3. The van der Waals surface area contributed by atoms with Crippen molar-refractivity contribution >= 4 is 0 Å². The summed E-state index contributed by atoms with van der Waals surface area (Å²) in [5.41, 5.74) is 1.28. The van der Waals surface area contributed by atoms with E-state index in [0.717, 1.165) is 0 Å². The van der Waals surface area contributed by atoms with E-state index in [9.17, 15) is 0 Å². The predicted molar refractivity (Wildman–Crippen MR) is 68.0 cm³/mol. The van der Waals surface area contributed by atoms with Crippen LogP contribution in [-0.2, 0) is 11.8 Å². The molecule has 6 nitrogen and oxygen atoms in total. The van der Waals surface area contributed by atoms with Crippen molar-refractivity contribution in [2.24, 2.45) is 13.0 Å². The van der Waals surface area contributed by atoms with Crippen LogP contribution >= 0.6 is 0 Å². The molecule has 1 unspecified atom stereocenters. The monoisotopic (exact) mass is 260 g/mol. The van der Waals surface area contributed by atoms with Crippen molar-refractivity contribution < 1.29 is 9.26 Å². The van der Waals surface area contributed by atoms with Gasteiger partial charge in [-0.25, -0.2) is 0 Å². The van der Waals surface area contributed by atoms with Crippen LogP contribution in [0, 0.1) is 17.2 Å². The van der Waals surface area contributed by atoms with Gasteiger partial charge in [-0.2, -0.15) is 10.2 Å². The van der Waals surface area contributed by atoms with Gasteiger partial charge < -0.3 is 13.8 Å². The third-order valence-electron chi connectivity index (χ3n) is 2.91. The summed E-state index contributed by atoms with van der Waals surface area (Å²) in [6.45, 7) is 4.06. The van der Waals surface area contributed by atoms with Gasteiger partial charge in [-0.15, -0.1) is 0 Å². The van der Waals surface area contributed by atoms with Crippen LogP contribution in [0.15, 0.2) is 16.8 Å². The third kappa shape index (κ3) is 2.51. The maximum atomic E-state index is 8.88. The quantitative estimate of drug-likeness (QED) is 0.842. The molecule has 0 saturated heterocycles. The standard InChI is InChI=1S/C13H16N4O2/c1-8(2)11(18-4)12-15-13(19-16-12)10-5-9(6-14)7-17(10)3/h5,7-8,11H,1-4H3. The minimum absolute atomic E-state index is 0.201. The largest absolute Gasteiger partial charge is 0.373 e. The fourth-order valence-corrected chi connectivity index (χ4v) is 1.97. The molecule has 100 valence electrons. The summed E-state index contributed by atoms with van der Waals surface area (Å²) < 4.78 is 12.4. The molecule has 1 atom stereocenters. The lowest BCUT2D eigenvalue weighted by molar-refractivity contribution is 0.0556. The maximum absolute atomic E-state index is 8.88. The number of methoxy groups -OCH3 is 1. The molecular weight excluding hydrogens is 244 g/mol. The third-order valence-corrected chi connectivity index (χ3v) is 2.91. The Bertz CT molecular complexity index is 606. The molecule has 0 aliphatic carbocycles. The highest BCUT2D eigenvalue weighted by Gasteiger charge is 2.22. The average molecular weight is 260 g/mol. The van der Waals surface area contributed by atoms with Crippen LogP contribution in [0.3, 0.4) is 0 Å². The highest BCUT2D eigenvalue weighted by molar-refractivity contribution is 5.52. The van der Waals surface area contributed by atoms with Gasteiger partial charge in [-0.1, -0.05) is 19.0 Å². The molecule has 0 N–H and O–H groups in total. The smallest absolute Gasteiger partial charge is 0.274 e. The van der Waals surface area contributed by atoms with Gasteiger partial charge in [0.25, 0.3) is 5.89 Å². The van der Waals surface area contributed by atoms with Crippen molar-refractivity contribution in [3.05, 3.63) is 23.7 Å². The predicted octanol–water partition coefficient (Wildman–Crippen LogP) is 2.29. The Kier molecular flexibility index (Phi) is 3.67. The van der Waals surface area contributed by atoms with E-state index in [2.05, 4.69) is 16.2 Å². The van der Waals surface area contributed by atoms with Crippen LogP contribution in [-0.4, -0.2) is 21.8 Å². The SMILES string of the molecule is COC(c1noc(-c2cc(C#N)cn2C)n1)C(C)C. The number of nitriles is 1. The molecule has 0 saturated carbocycles. The molecule has 0 fully saturated rings. The summed E-state index contributed by atoms with van der Waals surface area (Å²) in [6, 6.07) is 3.80. The molecule has 6 heteroatoms. The Morgan fingerprint density at radius 1 is 1.47 bits per heavy atom. The van der Waals surface area contributed by atoms with Gasteiger partial charge in [0.1, 0.15) is 17.9 Å². The topological polar surface area (TPSA) is 76.9 Å². The lowest BCUT2D eigenvalue weighted by Crippen LogP contribution is -2.10. The molecule has 0 aliphatic rings. The highest BCUT2D eigenvalue weighted by Crippen LogP contribution is 2.26. The highest BCUT2D eigenvalue weighted by atomic mass is 16.5. The van der Waals surface area contributed by atoms with Crippen LogP contribution in [0.5, 0.6) is 0 Å². The first-order chi connectivity index (χ1) is 9.06. The van der Waals surface area contributed by atoms with E-state index >= 15 is 0 Å². The zero-order valence-corrected chi connectivity index (χ0v) is 11.4. The Hall–Kier alpha value is -2.13. The lowest BCUT2D eigenvalue weighted by Gasteiger charge is -2.14. The number of nitrogens with zero attached hydrogens (tertiary/aromatic N) is 4. The van der Waals surface area contributed by atoms with Crippen molar-refractivity contribution in [2.75, 3.05) is 7.11 Å². The fraction of sp³-hybridized carbons (Fsp3) is 0.462. The number of hydrogen-bond acceptors (Lipinski definition) is 5. The van der Waals surface area contributed by atoms with E-state index in [4.69, 9.17) is 14.5 Å². The zero-order chi connectivity index (χ0) is 14.0. The van der Waals surface area contributed by atoms with Gasteiger partial charge in [0, 0.05) is 20.4 Å². The molecule has 0 aliphatic heterocycles. The Morgan fingerprint density at radius 2 is 2.21 bits per heavy atom. The van der Waals surface area contributed by atoms with Crippen molar-refractivity contribution in [3.63, 3.8) is 0 Å². The van der Waals surface area contributed by atoms with Gasteiger partial charge in [0.2, 0.25) is 5.82 Å². The van der Waals surface area contributed by atoms with Crippen LogP contribution < -0.4 is 0 Å². The van der Waals surface area contributed by atoms with Crippen molar-refractivity contribution in [2.45, 2.75) is 20.0 Å². The van der Waals surface area contributed by atoms with Gasteiger partial charge in [-0.05, 0) is 12.0 Å². The summed E-state index contributed by atoms with van der Waals surface area (Å²) in [5.74, 6) is 1.16. The molecule has 19 heavy (non-hydrogen) atoms. The molecule has 2 rings (SSSR count). The van der Waals surface area contributed by atoms with Crippen LogP contribution in [0.1, 0.15) is 31.3 Å². The molecule has 0 bridgehead atoms. The van der Waals surface area contributed by atoms with Gasteiger partial charge in [0.05, 0.1) is 5.56 Å². The van der Waals surface area contributed by atoms with E-state index < -0.39 is 0 Å². The van der Waals surface area contributed by atoms with E-state index in [0.29, 0.717) is 23.0 Å². The first-order valence-corrected chi connectivity index (χ1v) is 6.00. The van der Waals surface area contributed by atoms with E-state index in [1.807, 2.05) is 20.9 Å². The van der Waals surface area contributed by atoms with E-state index in [-0.39, 0.29) is 12.0 Å². The molecule has 0 radical (unpaired) electrons. The maximum Gasteiger partial charge on any atom is 0.274 e. The second-order valence-electron chi connectivity index (χ2n) is 4.69. The number of ether oxygens (including phenoxy) is 1. The first-order valence-electron chi connectivity index (χ1n) is 6.00. The van der Waals surface area contributed by atoms with Crippen molar-refractivity contribution in [3.8, 4) is 17.7 Å². The van der Waals surface area contributed by atoms with Crippen molar-refractivity contribution in [1.82, 2.24) is 14.7 Å². The van der Waals surface area contributed by atoms with E-state index in [1.165, 1.54) is 0 Å². The van der Waals surface area contributed by atoms with Gasteiger partial charge in [0.15, 0.2) is 0 Å². The minimum atomic E-state index is -0.201. The average Bonchev–Trinajstić information content (AvgIpc) is 2.96. The number of hydrogen-bond donors (Lipinski definition) is 0. The molecule has 2 heterocycles. The first kappa shape index (κ1) is 13.3. The molecule has 2 aromatic heterocycles. The zero-order valence-electron chi connectivity index (χ0n) is 11.4. The minimum Gasteiger partial charge on any atom is -0.373 e. The summed E-state index contributed by atoms with van der Waals surface area (Å²) in [4.78, 5) is 4.35. The van der Waals surface area contributed by atoms with Crippen LogP contribution in [0.25, 0.3) is 11.6 Å². The number of rotatable bonds is 4. The normalized spacial score (nSPS) is 12.6. The second kappa shape index (κ2) is 5.24. The summed E-state index contributed by atoms with van der Waals surface area (Å²) in [6.07, 6.45) is 1.52. The fourth-order valence-electron chi connectivity index (χ4n) is 1.97. The molecule has 2 aromatic rings. The summed E-state index contributed by atoms with van der Waals surface area (Å²) >= 11 is 0. The Balaban J connectivity index is 2.35. The second-order valence-corrected chi connectivity index (χ2v) is 4.69.